The highest BCUT2D eigenvalue weighted by Gasteiger charge is 2.24. The first-order valence-electron chi connectivity index (χ1n) is 28.5. The number of methoxy groups -OCH3 is 4. The topological polar surface area (TPSA) is 276 Å². The zero-order valence-corrected chi connectivity index (χ0v) is 49.9. The number of ether oxygens (including phenoxy) is 8. The van der Waals surface area contributed by atoms with Crippen LogP contribution in [0.1, 0.15) is 75.4 Å². The number of aromatic carboxylic acids is 1. The summed E-state index contributed by atoms with van der Waals surface area (Å²) in [6.07, 6.45) is 19.2. The van der Waals surface area contributed by atoms with Crippen LogP contribution in [0.25, 0.3) is 44.1 Å². The van der Waals surface area contributed by atoms with Crippen LogP contribution in [0.3, 0.4) is 0 Å². The number of carboxylic acid groups (broad SMARTS) is 1. The summed E-state index contributed by atoms with van der Waals surface area (Å²) in [4.78, 5) is 76.4. The lowest BCUT2D eigenvalue weighted by Gasteiger charge is -2.26. The molecule has 2 aliphatic rings. The molecule has 12 rings (SSSR count). The number of hydrogen-bond acceptors (Lipinski definition) is 19. The van der Waals surface area contributed by atoms with Crippen molar-refractivity contribution in [1.82, 2.24) is 39.0 Å². The van der Waals surface area contributed by atoms with Crippen LogP contribution in [0.5, 0.6) is 46.0 Å². The lowest BCUT2D eigenvalue weighted by molar-refractivity contribution is 0.0674. The SMILES string of the molecule is COc1cc2nccc(Oc3cnc(CC(=O)c4cn(C5CCOCC5)cc(-c5ccc(C)cc5)c4=O)nc3)c2cc1OC.COc1cc2nccc(Oc3cnc(N)nc3)c2cc1OC.Cc1ccc(-c2cn(C3CCOCC3)cc(C(=O)O)c2=O)cc1. The van der Waals surface area contributed by atoms with Crippen molar-refractivity contribution in [2.75, 3.05) is 60.6 Å². The average Bonchev–Trinajstić information content (AvgIpc) is 1.06. The molecule has 2 aliphatic heterocycles. The third kappa shape index (κ3) is 14.6. The minimum absolute atomic E-state index is 0.117. The van der Waals surface area contributed by atoms with Gasteiger partial charge in [-0.2, -0.15) is 0 Å². The number of carboxylic acids is 1. The fraction of sp³-hybridized carbons (Fsp3) is 0.254. The molecule has 89 heavy (non-hydrogen) atoms. The number of nitrogens with zero attached hydrogens (tertiary/aromatic N) is 8. The van der Waals surface area contributed by atoms with E-state index in [-0.39, 0.29) is 52.6 Å². The van der Waals surface area contributed by atoms with Crippen LogP contribution < -0.4 is 45.0 Å². The molecule has 4 aromatic carbocycles. The average molecular weight is 1200 g/mol. The Hall–Kier alpha value is -10.6. The summed E-state index contributed by atoms with van der Waals surface area (Å²) >= 11 is 0. The molecular formula is C67H65N9O13. The third-order valence-electron chi connectivity index (χ3n) is 15.1. The van der Waals surface area contributed by atoms with Gasteiger partial charge in [0.2, 0.25) is 11.4 Å². The summed E-state index contributed by atoms with van der Waals surface area (Å²) in [6, 6.07) is 26.2. The maximum atomic E-state index is 13.6. The zero-order chi connectivity index (χ0) is 62.6. The first-order chi connectivity index (χ1) is 43.2. The summed E-state index contributed by atoms with van der Waals surface area (Å²) in [5, 5.41) is 10.9. The smallest absolute Gasteiger partial charge is 0.341 e. The Kier molecular flexibility index (Phi) is 19.6. The number of nitrogens with two attached hydrogens (primary N) is 1. The van der Waals surface area contributed by atoms with Crippen molar-refractivity contribution in [2.24, 2.45) is 0 Å². The summed E-state index contributed by atoms with van der Waals surface area (Å²) in [6.45, 7) is 6.54. The van der Waals surface area contributed by atoms with Crippen molar-refractivity contribution in [1.29, 1.82) is 0 Å². The summed E-state index contributed by atoms with van der Waals surface area (Å²) in [5.41, 5.74) is 10.7. The predicted molar refractivity (Wildman–Crippen MR) is 333 cm³/mol. The van der Waals surface area contributed by atoms with Gasteiger partial charge < -0.3 is 57.9 Å². The maximum absolute atomic E-state index is 13.6. The van der Waals surface area contributed by atoms with Crippen LogP contribution in [0.15, 0.2) is 156 Å². The number of aryl methyl sites for hydroxylation is 2. The Balaban J connectivity index is 0.000000163. The molecule has 0 amide bonds. The number of pyridine rings is 4. The molecule has 22 nitrogen and oxygen atoms in total. The summed E-state index contributed by atoms with van der Waals surface area (Å²) in [7, 11) is 6.29. The van der Waals surface area contributed by atoms with Crippen LogP contribution in [0, 0.1) is 13.8 Å². The molecule has 0 radical (unpaired) electrons. The molecular weight excluding hydrogens is 1140 g/mol. The quantitative estimate of drug-likeness (QED) is 0.0851. The number of rotatable bonds is 16. The zero-order valence-electron chi connectivity index (χ0n) is 49.9. The van der Waals surface area contributed by atoms with Crippen molar-refractivity contribution in [3.05, 3.63) is 195 Å². The third-order valence-corrected chi connectivity index (χ3v) is 15.1. The molecule has 8 heterocycles. The van der Waals surface area contributed by atoms with Gasteiger partial charge in [0.15, 0.2) is 45.7 Å². The minimum atomic E-state index is -1.19. The number of carbonyl (C=O) groups excluding carboxylic acids is 1. The van der Waals surface area contributed by atoms with Crippen molar-refractivity contribution < 1.29 is 52.6 Å². The molecule has 22 heteroatoms. The fourth-order valence-electron chi connectivity index (χ4n) is 10.2. The Morgan fingerprint density at radius 1 is 0.528 bits per heavy atom. The van der Waals surface area contributed by atoms with Gasteiger partial charge in [-0.05, 0) is 74.9 Å². The van der Waals surface area contributed by atoms with Crippen LogP contribution in [0.2, 0.25) is 0 Å². The molecule has 0 unspecified atom stereocenters. The molecule has 2 fully saturated rings. The second-order valence-electron chi connectivity index (χ2n) is 20.9. The number of hydrogen-bond donors (Lipinski definition) is 2. The predicted octanol–water partition coefficient (Wildman–Crippen LogP) is 11.0. The molecule has 0 atom stereocenters. The normalized spacial score (nSPS) is 13.3. The molecule has 0 saturated carbocycles. The number of fused-ring (bicyclic) bond motifs is 2. The van der Waals surface area contributed by atoms with Gasteiger partial charge >= 0.3 is 5.97 Å². The highest BCUT2D eigenvalue weighted by Crippen LogP contribution is 2.39. The number of anilines is 1. The maximum Gasteiger partial charge on any atom is 0.341 e. The number of aromatic nitrogens is 8. The van der Waals surface area contributed by atoms with Gasteiger partial charge in [0.05, 0.1) is 76.2 Å². The van der Waals surface area contributed by atoms with Gasteiger partial charge in [0.1, 0.15) is 22.9 Å². The van der Waals surface area contributed by atoms with Gasteiger partial charge in [-0.3, -0.25) is 24.4 Å². The largest absolute Gasteiger partial charge is 0.493 e. The second-order valence-corrected chi connectivity index (χ2v) is 20.9. The van der Waals surface area contributed by atoms with Crippen molar-refractivity contribution in [3.8, 4) is 68.2 Å². The van der Waals surface area contributed by atoms with Crippen LogP contribution >= 0.6 is 0 Å². The molecule has 10 aromatic rings. The van der Waals surface area contributed by atoms with E-state index in [1.807, 2.05) is 83.8 Å². The van der Waals surface area contributed by atoms with E-state index in [2.05, 4.69) is 29.9 Å². The van der Waals surface area contributed by atoms with E-state index in [1.165, 1.54) is 31.0 Å². The lowest BCUT2D eigenvalue weighted by atomic mass is 9.99. The monoisotopic (exact) mass is 1200 g/mol. The lowest BCUT2D eigenvalue weighted by Crippen LogP contribution is -2.25. The molecule has 6 aromatic heterocycles. The first kappa shape index (κ1) is 61.5. The highest BCUT2D eigenvalue weighted by molar-refractivity contribution is 5.98. The van der Waals surface area contributed by atoms with E-state index in [0.717, 1.165) is 64.2 Å². The van der Waals surface area contributed by atoms with E-state index in [4.69, 9.17) is 43.6 Å². The summed E-state index contributed by atoms with van der Waals surface area (Å²) in [5.74, 6) is 3.26. The van der Waals surface area contributed by atoms with Gasteiger partial charge in [-0.25, -0.2) is 24.7 Å². The van der Waals surface area contributed by atoms with Gasteiger partial charge in [-0.1, -0.05) is 59.7 Å². The molecule has 456 valence electrons. The van der Waals surface area contributed by atoms with Crippen LogP contribution in [-0.4, -0.2) is 111 Å². The van der Waals surface area contributed by atoms with Crippen molar-refractivity contribution in [2.45, 2.75) is 58.0 Å². The van der Waals surface area contributed by atoms with E-state index in [9.17, 15) is 24.3 Å². The fourth-order valence-corrected chi connectivity index (χ4v) is 10.2. The molecule has 0 bridgehead atoms. The Morgan fingerprint density at radius 3 is 1.34 bits per heavy atom. The highest BCUT2D eigenvalue weighted by atomic mass is 16.5. The molecule has 3 N–H and O–H groups in total. The van der Waals surface area contributed by atoms with Gasteiger partial charge in [-0.15, -0.1) is 0 Å². The van der Waals surface area contributed by atoms with Crippen molar-refractivity contribution in [3.63, 3.8) is 0 Å². The van der Waals surface area contributed by atoms with Crippen molar-refractivity contribution >= 4 is 39.5 Å². The standard InChI is InChI=1S/C34H32N4O6.C18H19NO4.C15H14N4O3/c1-21-4-6-22(7-5-21)26-19-38(23-9-12-43-13-10-23)20-27(34(26)40)29(39)16-33-36-17-24(18-37-33)44-30-8-11-35-28-15-32(42-3)31(41-2)14-25(28)30;1-12-2-4-13(5-3-12)15-10-19(14-6-8-23-9-7-14)11-16(17(15)20)18(21)22;1-20-13-5-10-11(6-14(13)21-2)17-4-3-12(10)22-9-7-18-15(16)19-8-9/h4-8,11,14-15,17-20,23H,9-10,12-13,16H2,1-3H3;2-5,10-11,14H,6-9H2,1H3,(H,21,22);3-8H,1-2H3,(H2,16,18,19). The Labute approximate surface area is 511 Å². The number of benzene rings is 4. The number of Topliss-reactive ketones (excluding diaryl/α,β-unsaturated/α-hetero) is 1. The first-order valence-corrected chi connectivity index (χ1v) is 28.5. The molecule has 2 saturated heterocycles. The van der Waals surface area contributed by atoms with Gasteiger partial charge in [0, 0.05) is 110 Å². The molecule has 0 aliphatic carbocycles. The van der Waals surface area contributed by atoms with Crippen LogP contribution in [0.4, 0.5) is 5.95 Å². The molecule has 0 spiro atoms. The Morgan fingerprint density at radius 2 is 0.921 bits per heavy atom. The number of ketones is 1. The van der Waals surface area contributed by atoms with Crippen LogP contribution in [-0.2, 0) is 15.9 Å². The van der Waals surface area contributed by atoms with Gasteiger partial charge in [0.25, 0.3) is 0 Å². The minimum Gasteiger partial charge on any atom is -0.493 e. The van der Waals surface area contributed by atoms with E-state index in [1.54, 1.807) is 83.6 Å². The summed E-state index contributed by atoms with van der Waals surface area (Å²) < 4.78 is 48.0. The van der Waals surface area contributed by atoms with E-state index < -0.39 is 11.4 Å². The van der Waals surface area contributed by atoms with E-state index >= 15 is 0 Å². The Bertz CT molecular complexity index is 4260. The van der Waals surface area contributed by atoms with E-state index in [0.29, 0.717) is 89.1 Å². The second kappa shape index (κ2) is 28.3. The number of carbonyl (C=O) groups is 2. The number of nitrogen functional groups attached to an aromatic ring is 1.